The van der Waals surface area contributed by atoms with Crippen LogP contribution in [0.25, 0.3) is 10.9 Å². The lowest BCUT2D eigenvalue weighted by atomic mass is 10.1. The van der Waals surface area contributed by atoms with E-state index in [1.807, 2.05) is 37.4 Å². The molecule has 8 heteroatoms. The highest BCUT2D eigenvalue weighted by Gasteiger charge is 2.07. The summed E-state index contributed by atoms with van der Waals surface area (Å²) >= 11 is 0. The van der Waals surface area contributed by atoms with E-state index in [-0.39, 0.29) is 29.8 Å². The predicted octanol–water partition coefficient (Wildman–Crippen LogP) is 4.24. The number of hydrogen-bond acceptors (Lipinski definition) is 3. The van der Waals surface area contributed by atoms with Crippen LogP contribution in [0.15, 0.2) is 47.6 Å². The third-order valence-electron chi connectivity index (χ3n) is 4.66. The predicted molar refractivity (Wildman–Crippen MR) is 130 cm³/mol. The van der Waals surface area contributed by atoms with Crippen molar-refractivity contribution in [1.82, 2.24) is 15.6 Å². The number of nitrogens with one attached hydrogen (secondary N) is 3. The molecule has 0 aliphatic heterocycles. The summed E-state index contributed by atoms with van der Waals surface area (Å²) in [5.41, 5.74) is 2.93. The van der Waals surface area contributed by atoms with Crippen LogP contribution in [0.1, 0.15) is 18.1 Å². The largest absolute Gasteiger partial charge is 0.497 e. The number of H-pyrrole nitrogens is 1. The Morgan fingerprint density at radius 3 is 2.63 bits per heavy atom. The Kier molecular flexibility index (Phi) is 9.22. The van der Waals surface area contributed by atoms with Gasteiger partial charge in [0.1, 0.15) is 17.3 Å². The van der Waals surface area contributed by atoms with Crippen molar-refractivity contribution < 1.29 is 13.9 Å². The summed E-state index contributed by atoms with van der Waals surface area (Å²) in [6.45, 7) is 3.97. The molecule has 0 fully saturated rings. The van der Waals surface area contributed by atoms with Gasteiger partial charge in [0, 0.05) is 41.8 Å². The number of benzene rings is 2. The van der Waals surface area contributed by atoms with Gasteiger partial charge in [-0.3, -0.25) is 0 Å². The van der Waals surface area contributed by atoms with Gasteiger partial charge in [-0.05, 0) is 49.2 Å². The fourth-order valence-electron chi connectivity index (χ4n) is 3.17. The standard InChI is InChI=1S/C22H27FN4O2.HI/c1-4-24-22(27-14-16-5-7-18(28-2)12-21(16)29-3)25-10-9-15-13-26-20-11-17(23)6-8-19(15)20;/h5-8,11-13,26H,4,9-10,14H2,1-3H3,(H2,24,25,27);1H. The Morgan fingerprint density at radius 2 is 1.90 bits per heavy atom. The normalized spacial score (nSPS) is 11.1. The number of nitrogens with zero attached hydrogens (tertiary/aromatic N) is 1. The zero-order valence-electron chi connectivity index (χ0n) is 17.4. The molecule has 0 aliphatic carbocycles. The minimum Gasteiger partial charge on any atom is -0.497 e. The van der Waals surface area contributed by atoms with Gasteiger partial charge in [-0.2, -0.15) is 0 Å². The minimum atomic E-state index is -0.237. The molecule has 0 atom stereocenters. The first-order chi connectivity index (χ1) is 14.1. The molecule has 1 aromatic heterocycles. The number of aromatic amines is 1. The zero-order valence-corrected chi connectivity index (χ0v) is 19.8. The molecule has 6 nitrogen and oxygen atoms in total. The number of halogens is 2. The van der Waals surface area contributed by atoms with Crippen molar-refractivity contribution in [2.75, 3.05) is 27.3 Å². The van der Waals surface area contributed by atoms with E-state index in [2.05, 4.69) is 20.6 Å². The highest BCUT2D eigenvalue weighted by Crippen LogP contribution is 2.25. The third kappa shape index (κ3) is 6.01. The second kappa shape index (κ2) is 11.6. The van der Waals surface area contributed by atoms with Crippen LogP contribution in [0.5, 0.6) is 11.5 Å². The van der Waals surface area contributed by atoms with Gasteiger partial charge < -0.3 is 25.1 Å². The molecule has 2 aromatic carbocycles. The van der Waals surface area contributed by atoms with E-state index in [1.54, 1.807) is 14.2 Å². The van der Waals surface area contributed by atoms with Crippen LogP contribution in [0.4, 0.5) is 4.39 Å². The average molecular weight is 526 g/mol. The first-order valence-electron chi connectivity index (χ1n) is 9.63. The van der Waals surface area contributed by atoms with E-state index in [1.165, 1.54) is 12.1 Å². The number of guanidine groups is 1. The Balaban J connectivity index is 0.00000320. The first kappa shape index (κ1) is 23.8. The molecule has 0 saturated carbocycles. The monoisotopic (exact) mass is 526 g/mol. The SMILES string of the molecule is CCNC(=NCc1ccc(OC)cc1OC)NCCc1c[nH]c2cc(F)ccc12.I. The highest BCUT2D eigenvalue weighted by molar-refractivity contribution is 14.0. The van der Waals surface area contributed by atoms with Crippen LogP contribution in [0.3, 0.4) is 0 Å². The summed E-state index contributed by atoms with van der Waals surface area (Å²) in [5, 5.41) is 7.64. The lowest BCUT2D eigenvalue weighted by Crippen LogP contribution is -2.38. The molecule has 0 radical (unpaired) electrons. The van der Waals surface area contributed by atoms with E-state index in [9.17, 15) is 4.39 Å². The van der Waals surface area contributed by atoms with Crippen molar-refractivity contribution in [2.45, 2.75) is 19.9 Å². The van der Waals surface area contributed by atoms with Gasteiger partial charge in [0.05, 0.1) is 20.8 Å². The van der Waals surface area contributed by atoms with Crippen LogP contribution in [-0.2, 0) is 13.0 Å². The van der Waals surface area contributed by atoms with Gasteiger partial charge in [-0.1, -0.05) is 0 Å². The molecule has 0 spiro atoms. The minimum absolute atomic E-state index is 0. The van der Waals surface area contributed by atoms with Crippen molar-refractivity contribution in [2.24, 2.45) is 4.99 Å². The van der Waals surface area contributed by atoms with Gasteiger partial charge in [-0.25, -0.2) is 9.38 Å². The Hall–Kier alpha value is -2.49. The van der Waals surface area contributed by atoms with E-state index in [0.29, 0.717) is 13.1 Å². The Morgan fingerprint density at radius 1 is 1.07 bits per heavy atom. The van der Waals surface area contributed by atoms with Crippen molar-refractivity contribution in [3.63, 3.8) is 0 Å². The molecule has 3 rings (SSSR count). The molecule has 3 aromatic rings. The molecule has 0 amide bonds. The number of methoxy groups -OCH3 is 2. The molecule has 3 N–H and O–H groups in total. The molecule has 0 aliphatic rings. The number of ether oxygens (including phenoxy) is 2. The van der Waals surface area contributed by atoms with Crippen molar-refractivity contribution in [3.8, 4) is 11.5 Å². The highest BCUT2D eigenvalue weighted by atomic mass is 127. The molecule has 162 valence electrons. The van der Waals surface area contributed by atoms with Crippen molar-refractivity contribution >= 4 is 40.8 Å². The molecular weight excluding hydrogens is 498 g/mol. The van der Waals surface area contributed by atoms with Crippen LogP contribution < -0.4 is 20.1 Å². The second-order valence-corrected chi connectivity index (χ2v) is 6.55. The van der Waals surface area contributed by atoms with Crippen molar-refractivity contribution in [3.05, 3.63) is 59.5 Å². The molecule has 0 bridgehead atoms. The molecule has 0 saturated heterocycles. The van der Waals surface area contributed by atoms with Gasteiger partial charge in [-0.15, -0.1) is 24.0 Å². The van der Waals surface area contributed by atoms with Gasteiger partial charge in [0.2, 0.25) is 0 Å². The summed E-state index contributed by atoms with van der Waals surface area (Å²) in [6.07, 6.45) is 2.72. The van der Waals surface area contributed by atoms with E-state index in [0.717, 1.165) is 52.5 Å². The van der Waals surface area contributed by atoms with E-state index in [4.69, 9.17) is 9.47 Å². The van der Waals surface area contributed by atoms with Crippen LogP contribution in [-0.4, -0.2) is 38.3 Å². The fraction of sp³-hybridized carbons (Fsp3) is 0.318. The summed E-state index contributed by atoms with van der Waals surface area (Å²) in [7, 11) is 3.27. The van der Waals surface area contributed by atoms with E-state index >= 15 is 0 Å². The maximum Gasteiger partial charge on any atom is 0.191 e. The van der Waals surface area contributed by atoms with Gasteiger partial charge in [0.15, 0.2) is 5.96 Å². The quantitative estimate of drug-likeness (QED) is 0.233. The Labute approximate surface area is 193 Å². The number of rotatable bonds is 8. The van der Waals surface area contributed by atoms with Gasteiger partial charge in [0.25, 0.3) is 0 Å². The lowest BCUT2D eigenvalue weighted by Gasteiger charge is -2.12. The van der Waals surface area contributed by atoms with Gasteiger partial charge >= 0.3 is 0 Å². The van der Waals surface area contributed by atoms with Crippen molar-refractivity contribution in [1.29, 1.82) is 0 Å². The zero-order chi connectivity index (χ0) is 20.6. The summed E-state index contributed by atoms with van der Waals surface area (Å²) < 4.78 is 24.0. The first-order valence-corrected chi connectivity index (χ1v) is 9.63. The molecular formula is C22H28FIN4O2. The summed E-state index contributed by atoms with van der Waals surface area (Å²) in [6, 6.07) is 10.5. The molecule has 30 heavy (non-hydrogen) atoms. The number of hydrogen-bond donors (Lipinski definition) is 3. The lowest BCUT2D eigenvalue weighted by molar-refractivity contribution is 0.391. The summed E-state index contributed by atoms with van der Waals surface area (Å²) in [5.74, 6) is 1.99. The number of aromatic nitrogens is 1. The molecule has 1 heterocycles. The second-order valence-electron chi connectivity index (χ2n) is 6.55. The third-order valence-corrected chi connectivity index (χ3v) is 4.66. The van der Waals surface area contributed by atoms with Crippen LogP contribution in [0, 0.1) is 5.82 Å². The smallest absolute Gasteiger partial charge is 0.191 e. The van der Waals surface area contributed by atoms with Crippen LogP contribution in [0.2, 0.25) is 0 Å². The van der Waals surface area contributed by atoms with E-state index < -0.39 is 0 Å². The maximum atomic E-state index is 13.3. The maximum absolute atomic E-state index is 13.3. The average Bonchev–Trinajstić information content (AvgIpc) is 3.13. The topological polar surface area (TPSA) is 70.7 Å². The van der Waals surface area contributed by atoms with Crippen LogP contribution >= 0.6 is 24.0 Å². The Bertz CT molecular complexity index is 990. The molecule has 0 unspecified atom stereocenters. The fourth-order valence-corrected chi connectivity index (χ4v) is 3.17. The number of fused-ring (bicyclic) bond motifs is 1. The number of aliphatic imine (C=N–C) groups is 1. The summed E-state index contributed by atoms with van der Waals surface area (Å²) in [4.78, 5) is 7.78.